The zero-order valence-electron chi connectivity index (χ0n) is 13.1. The number of amides is 1. The van der Waals surface area contributed by atoms with E-state index in [-0.39, 0.29) is 17.9 Å². The zero-order valence-corrected chi connectivity index (χ0v) is 13.8. The summed E-state index contributed by atoms with van der Waals surface area (Å²) in [5.41, 5.74) is -1.02. The second-order valence-corrected chi connectivity index (χ2v) is 5.67. The van der Waals surface area contributed by atoms with Crippen molar-refractivity contribution in [3.63, 3.8) is 0 Å². The number of nitrogens with one attached hydrogen (secondary N) is 2. The van der Waals surface area contributed by atoms with E-state index in [1.165, 1.54) is 6.07 Å². The molecule has 0 spiro atoms. The van der Waals surface area contributed by atoms with Crippen molar-refractivity contribution in [2.45, 2.75) is 13.5 Å². The van der Waals surface area contributed by atoms with Gasteiger partial charge in [0.05, 0.1) is 6.54 Å². The number of H-pyrrole nitrogens is 1. The topological polar surface area (TPSA) is 110 Å². The van der Waals surface area contributed by atoms with E-state index in [4.69, 9.17) is 16.1 Å². The molecule has 0 unspecified atom stereocenters. The number of rotatable bonds is 4. The Morgan fingerprint density at radius 2 is 2.12 bits per heavy atom. The highest BCUT2D eigenvalue weighted by atomic mass is 35.5. The van der Waals surface area contributed by atoms with E-state index >= 15 is 0 Å². The first-order chi connectivity index (χ1) is 12.0. The number of nitrogens with zero attached hydrogens (tertiary/aromatic N) is 2. The summed E-state index contributed by atoms with van der Waals surface area (Å²) in [6, 6.07) is 8.33. The highest BCUT2D eigenvalue weighted by Gasteiger charge is 2.17. The SMILES string of the molecule is Cc1cc(NC(=O)c2c[nH]c(=O)n(Cc3ccccc3Cl)c2=O)no1. The van der Waals surface area contributed by atoms with Gasteiger partial charge in [-0.2, -0.15) is 0 Å². The fourth-order valence-corrected chi connectivity index (χ4v) is 2.42. The molecule has 2 N–H and O–H groups in total. The van der Waals surface area contributed by atoms with Crippen LogP contribution in [-0.4, -0.2) is 20.6 Å². The maximum absolute atomic E-state index is 12.5. The average molecular weight is 361 g/mol. The third-order valence-corrected chi connectivity index (χ3v) is 3.83. The number of aromatic amines is 1. The lowest BCUT2D eigenvalue weighted by atomic mass is 10.2. The molecule has 0 aliphatic heterocycles. The molecule has 0 saturated carbocycles. The van der Waals surface area contributed by atoms with E-state index in [0.29, 0.717) is 16.3 Å². The van der Waals surface area contributed by atoms with Crippen molar-refractivity contribution in [1.82, 2.24) is 14.7 Å². The summed E-state index contributed by atoms with van der Waals surface area (Å²) in [6.45, 7) is 1.61. The van der Waals surface area contributed by atoms with E-state index in [2.05, 4.69) is 15.5 Å². The number of benzene rings is 1. The van der Waals surface area contributed by atoms with Gasteiger partial charge in [0.25, 0.3) is 11.5 Å². The lowest BCUT2D eigenvalue weighted by molar-refractivity contribution is 0.102. The van der Waals surface area contributed by atoms with E-state index in [0.717, 1.165) is 10.8 Å². The number of hydrogen-bond acceptors (Lipinski definition) is 5. The molecule has 1 amide bonds. The molecule has 3 rings (SSSR count). The fraction of sp³-hybridized carbons (Fsp3) is 0.125. The molecule has 0 radical (unpaired) electrons. The van der Waals surface area contributed by atoms with Gasteiger partial charge in [-0.05, 0) is 18.6 Å². The first-order valence-electron chi connectivity index (χ1n) is 7.26. The van der Waals surface area contributed by atoms with Crippen LogP contribution in [0.4, 0.5) is 5.82 Å². The zero-order chi connectivity index (χ0) is 18.0. The highest BCUT2D eigenvalue weighted by molar-refractivity contribution is 6.31. The molecule has 2 heterocycles. The Labute approximate surface area is 146 Å². The van der Waals surface area contributed by atoms with Gasteiger partial charge in [-0.1, -0.05) is 35.0 Å². The summed E-state index contributed by atoms with van der Waals surface area (Å²) in [4.78, 5) is 39.2. The van der Waals surface area contributed by atoms with E-state index in [1.807, 2.05) is 0 Å². The monoisotopic (exact) mass is 360 g/mol. The molecule has 0 fully saturated rings. The molecule has 1 aromatic carbocycles. The van der Waals surface area contributed by atoms with Crippen LogP contribution < -0.4 is 16.6 Å². The quantitative estimate of drug-likeness (QED) is 0.737. The van der Waals surface area contributed by atoms with Crippen molar-refractivity contribution < 1.29 is 9.32 Å². The van der Waals surface area contributed by atoms with Gasteiger partial charge in [0.15, 0.2) is 5.82 Å². The minimum absolute atomic E-state index is 0.0575. The van der Waals surface area contributed by atoms with Crippen molar-refractivity contribution in [2.75, 3.05) is 5.32 Å². The molecule has 2 aromatic heterocycles. The van der Waals surface area contributed by atoms with Crippen LogP contribution in [0.5, 0.6) is 0 Å². The molecule has 0 saturated heterocycles. The summed E-state index contributed by atoms with van der Waals surface area (Å²) >= 11 is 6.07. The van der Waals surface area contributed by atoms with Crippen LogP contribution >= 0.6 is 11.6 Å². The number of anilines is 1. The number of hydrogen-bond donors (Lipinski definition) is 2. The Balaban J connectivity index is 1.94. The van der Waals surface area contributed by atoms with Crippen molar-refractivity contribution >= 4 is 23.3 Å². The molecule has 0 aliphatic carbocycles. The van der Waals surface area contributed by atoms with Gasteiger partial charge in [-0.3, -0.25) is 14.2 Å². The minimum Gasteiger partial charge on any atom is -0.360 e. The number of halogens is 1. The molecule has 0 bridgehead atoms. The Morgan fingerprint density at radius 1 is 1.36 bits per heavy atom. The van der Waals surface area contributed by atoms with Crippen LogP contribution in [0, 0.1) is 6.92 Å². The number of aryl methyl sites for hydroxylation is 1. The van der Waals surface area contributed by atoms with E-state index < -0.39 is 17.2 Å². The summed E-state index contributed by atoms with van der Waals surface area (Å²) in [6.07, 6.45) is 1.07. The van der Waals surface area contributed by atoms with Crippen LogP contribution in [0.15, 0.2) is 50.6 Å². The lowest BCUT2D eigenvalue weighted by Crippen LogP contribution is -2.39. The van der Waals surface area contributed by atoms with Gasteiger partial charge >= 0.3 is 5.69 Å². The number of carbonyl (C=O) groups excluding carboxylic acids is 1. The summed E-state index contributed by atoms with van der Waals surface area (Å²) in [7, 11) is 0. The molecule has 0 aliphatic rings. The fourth-order valence-electron chi connectivity index (χ4n) is 2.22. The standard InChI is InChI=1S/C16H13ClN4O4/c1-9-6-13(20-25-9)19-14(22)11-7-18-16(24)21(15(11)23)8-10-4-2-3-5-12(10)17/h2-7H,8H2,1H3,(H,18,24)(H,19,20,22). The predicted molar refractivity (Wildman–Crippen MR) is 91.1 cm³/mol. The first-order valence-corrected chi connectivity index (χ1v) is 7.64. The second-order valence-electron chi connectivity index (χ2n) is 5.27. The van der Waals surface area contributed by atoms with Crippen LogP contribution in [0.2, 0.25) is 5.02 Å². The van der Waals surface area contributed by atoms with E-state index in [9.17, 15) is 14.4 Å². The second kappa shape index (κ2) is 6.78. The summed E-state index contributed by atoms with van der Waals surface area (Å²) in [5.74, 6) is -0.0267. The normalized spacial score (nSPS) is 10.6. The Bertz CT molecular complexity index is 1050. The van der Waals surface area contributed by atoms with Crippen molar-refractivity contribution in [2.24, 2.45) is 0 Å². The minimum atomic E-state index is -0.735. The molecule has 3 aromatic rings. The molecule has 8 nitrogen and oxygen atoms in total. The third-order valence-electron chi connectivity index (χ3n) is 3.46. The molecule has 9 heteroatoms. The van der Waals surface area contributed by atoms with Crippen molar-refractivity contribution in [1.29, 1.82) is 0 Å². The van der Waals surface area contributed by atoms with Crippen molar-refractivity contribution in [3.8, 4) is 0 Å². The van der Waals surface area contributed by atoms with Crippen LogP contribution in [-0.2, 0) is 6.54 Å². The molecule has 128 valence electrons. The maximum atomic E-state index is 12.5. The summed E-state index contributed by atoms with van der Waals surface area (Å²) < 4.78 is 5.75. The van der Waals surface area contributed by atoms with Crippen molar-refractivity contribution in [3.05, 3.63) is 79.3 Å². The molecular weight excluding hydrogens is 348 g/mol. The molecule has 25 heavy (non-hydrogen) atoms. The van der Waals surface area contributed by atoms with Gasteiger partial charge < -0.3 is 14.8 Å². The molecular formula is C16H13ClN4O4. The van der Waals surface area contributed by atoms with Gasteiger partial charge in [-0.25, -0.2) is 4.79 Å². The Hall–Kier alpha value is -3.13. The van der Waals surface area contributed by atoms with Gasteiger partial charge in [0, 0.05) is 17.3 Å². The van der Waals surface area contributed by atoms with Gasteiger partial charge in [0.1, 0.15) is 11.3 Å². The number of aromatic nitrogens is 3. The van der Waals surface area contributed by atoms with E-state index in [1.54, 1.807) is 31.2 Å². The highest BCUT2D eigenvalue weighted by Crippen LogP contribution is 2.15. The van der Waals surface area contributed by atoms with Gasteiger partial charge in [-0.15, -0.1) is 0 Å². The maximum Gasteiger partial charge on any atom is 0.328 e. The van der Waals surface area contributed by atoms with Crippen LogP contribution in [0.1, 0.15) is 21.7 Å². The van der Waals surface area contributed by atoms with Gasteiger partial charge in [0.2, 0.25) is 0 Å². The Kier molecular flexibility index (Phi) is 4.53. The predicted octanol–water partition coefficient (Wildman–Crippen LogP) is 1.79. The Morgan fingerprint density at radius 3 is 2.80 bits per heavy atom. The van der Waals surface area contributed by atoms with Crippen LogP contribution in [0.25, 0.3) is 0 Å². The number of carbonyl (C=O) groups is 1. The average Bonchev–Trinajstić information content (AvgIpc) is 2.98. The molecule has 0 atom stereocenters. The largest absolute Gasteiger partial charge is 0.360 e. The lowest BCUT2D eigenvalue weighted by Gasteiger charge is -2.08. The summed E-state index contributed by atoms with van der Waals surface area (Å²) in [5, 5.41) is 6.48. The first kappa shape index (κ1) is 16.7. The smallest absolute Gasteiger partial charge is 0.328 e. The van der Waals surface area contributed by atoms with Crippen LogP contribution in [0.3, 0.4) is 0 Å². The third kappa shape index (κ3) is 3.53.